The lowest BCUT2D eigenvalue weighted by Gasteiger charge is -2.38. The average molecular weight is 330 g/mol. The van der Waals surface area contributed by atoms with E-state index < -0.39 is 23.4 Å². The Hall–Kier alpha value is -0.590. The number of halogens is 4. The Labute approximate surface area is 112 Å². The molecule has 0 spiro atoms. The van der Waals surface area contributed by atoms with Crippen molar-refractivity contribution in [3.05, 3.63) is 0 Å². The van der Waals surface area contributed by atoms with Gasteiger partial charge in [0, 0.05) is 0 Å². The highest BCUT2D eigenvalue weighted by molar-refractivity contribution is 9.09. The first-order valence-electron chi connectivity index (χ1n) is 5.70. The van der Waals surface area contributed by atoms with Crippen LogP contribution in [0, 0.1) is 5.92 Å². The van der Waals surface area contributed by atoms with Crippen molar-refractivity contribution in [2.45, 2.75) is 44.3 Å². The van der Waals surface area contributed by atoms with Crippen molar-refractivity contribution in [3.63, 3.8) is 0 Å². The van der Waals surface area contributed by atoms with Gasteiger partial charge in [0.15, 0.2) is 5.78 Å². The van der Waals surface area contributed by atoms with Gasteiger partial charge < -0.3 is 5.32 Å². The number of hydrogen-bond acceptors (Lipinski definition) is 2. The third kappa shape index (κ3) is 3.46. The third-order valence-corrected chi connectivity index (χ3v) is 3.90. The average Bonchev–Trinajstić information content (AvgIpc) is 2.30. The van der Waals surface area contributed by atoms with Crippen LogP contribution in [0.25, 0.3) is 0 Å². The van der Waals surface area contributed by atoms with Gasteiger partial charge in [-0.1, -0.05) is 22.9 Å². The zero-order valence-corrected chi connectivity index (χ0v) is 11.5. The van der Waals surface area contributed by atoms with Crippen molar-refractivity contribution in [2.24, 2.45) is 5.92 Å². The number of hydrogen-bond donors (Lipinski definition) is 1. The van der Waals surface area contributed by atoms with Crippen molar-refractivity contribution in [1.29, 1.82) is 0 Å². The maximum Gasteiger partial charge on any atom is 0.471 e. The molecule has 0 saturated heterocycles. The molecule has 1 rings (SSSR count). The molecule has 1 aliphatic rings. The van der Waals surface area contributed by atoms with Crippen molar-refractivity contribution in [2.75, 3.05) is 5.33 Å². The van der Waals surface area contributed by atoms with Crippen LogP contribution in [0.3, 0.4) is 0 Å². The summed E-state index contributed by atoms with van der Waals surface area (Å²) in [6.07, 6.45) is -3.16. The molecule has 0 aliphatic heterocycles. The molecule has 1 N–H and O–H groups in total. The van der Waals surface area contributed by atoms with E-state index in [0.717, 1.165) is 0 Å². The lowest BCUT2D eigenvalue weighted by atomic mass is 9.75. The molecule has 0 aromatic carbocycles. The molecule has 18 heavy (non-hydrogen) atoms. The zero-order valence-electron chi connectivity index (χ0n) is 9.94. The molecule has 3 nitrogen and oxygen atoms in total. The molecule has 0 unspecified atom stereocenters. The van der Waals surface area contributed by atoms with Crippen molar-refractivity contribution >= 4 is 27.6 Å². The number of carbonyl (C=O) groups excluding carboxylic acids is 2. The number of amides is 1. The summed E-state index contributed by atoms with van der Waals surface area (Å²) in [7, 11) is 0. The fourth-order valence-corrected chi connectivity index (χ4v) is 2.68. The van der Waals surface area contributed by atoms with Crippen LogP contribution in [-0.4, -0.2) is 28.7 Å². The first-order chi connectivity index (χ1) is 8.21. The van der Waals surface area contributed by atoms with E-state index in [1.165, 1.54) is 0 Å². The van der Waals surface area contributed by atoms with Crippen LogP contribution in [0.15, 0.2) is 0 Å². The van der Waals surface area contributed by atoms with E-state index in [1.807, 2.05) is 12.2 Å². The van der Waals surface area contributed by atoms with Crippen LogP contribution in [-0.2, 0) is 9.59 Å². The van der Waals surface area contributed by atoms with Gasteiger partial charge in [-0.25, -0.2) is 0 Å². The van der Waals surface area contributed by atoms with Crippen molar-refractivity contribution < 1.29 is 22.8 Å². The lowest BCUT2D eigenvalue weighted by molar-refractivity contribution is -0.176. The second-order valence-electron chi connectivity index (χ2n) is 4.77. The van der Waals surface area contributed by atoms with Crippen LogP contribution in [0.5, 0.6) is 0 Å². The van der Waals surface area contributed by atoms with Gasteiger partial charge in [0.1, 0.15) is 0 Å². The summed E-state index contributed by atoms with van der Waals surface area (Å²) in [5.74, 6) is -2.07. The van der Waals surface area contributed by atoms with Gasteiger partial charge in [-0.05, 0) is 31.6 Å². The number of alkyl halides is 4. The summed E-state index contributed by atoms with van der Waals surface area (Å²) in [4.78, 5) is 22.9. The molecule has 0 aromatic heterocycles. The predicted molar refractivity (Wildman–Crippen MR) is 63.4 cm³/mol. The Balaban J connectivity index is 2.86. The van der Waals surface area contributed by atoms with Crippen LogP contribution in [0.1, 0.15) is 32.6 Å². The molecule has 7 heteroatoms. The maximum absolute atomic E-state index is 12.3. The number of carbonyl (C=O) groups is 2. The van der Waals surface area contributed by atoms with Crippen molar-refractivity contribution in [1.82, 2.24) is 5.32 Å². The molecule has 0 bridgehead atoms. The highest BCUT2D eigenvalue weighted by Gasteiger charge is 2.47. The van der Waals surface area contributed by atoms with E-state index >= 15 is 0 Å². The van der Waals surface area contributed by atoms with Gasteiger partial charge in [0.05, 0.1) is 10.9 Å². The molecular formula is C11H15BrF3NO2. The predicted octanol–water partition coefficient (Wildman–Crippen LogP) is 2.58. The molecule has 0 heterocycles. The van der Waals surface area contributed by atoms with Gasteiger partial charge in [0.25, 0.3) is 0 Å². The molecule has 1 fully saturated rings. The molecule has 104 valence electrons. The zero-order chi connectivity index (χ0) is 14.0. The smallest absolute Gasteiger partial charge is 0.336 e. The first kappa shape index (κ1) is 15.5. The molecule has 0 radical (unpaired) electrons. The molecule has 0 atom stereocenters. The Kier molecular flexibility index (Phi) is 4.80. The van der Waals surface area contributed by atoms with Gasteiger partial charge in [0.2, 0.25) is 0 Å². The van der Waals surface area contributed by atoms with E-state index in [0.29, 0.717) is 18.8 Å². The summed E-state index contributed by atoms with van der Waals surface area (Å²) in [6.45, 7) is 1.98. The largest absolute Gasteiger partial charge is 0.471 e. The number of Topliss-reactive ketones (excluding diaryl/α,β-unsaturated/α-hetero) is 1. The number of ketones is 1. The van der Waals surface area contributed by atoms with Gasteiger partial charge in [-0.2, -0.15) is 13.2 Å². The minimum Gasteiger partial charge on any atom is -0.336 e. The van der Waals surface area contributed by atoms with Gasteiger partial charge in [-0.3, -0.25) is 9.59 Å². The Morgan fingerprint density at radius 3 is 2.22 bits per heavy atom. The topological polar surface area (TPSA) is 46.2 Å². The van der Waals surface area contributed by atoms with Gasteiger partial charge >= 0.3 is 12.1 Å². The summed E-state index contributed by atoms with van der Waals surface area (Å²) < 4.78 is 36.8. The fraction of sp³-hybridized carbons (Fsp3) is 0.818. The Bertz CT molecular complexity index is 336. The monoisotopic (exact) mass is 329 g/mol. The van der Waals surface area contributed by atoms with Crippen LogP contribution >= 0.6 is 15.9 Å². The minimum absolute atomic E-state index is 0.0560. The Morgan fingerprint density at radius 1 is 1.33 bits per heavy atom. The van der Waals surface area contributed by atoms with E-state index in [-0.39, 0.29) is 18.2 Å². The summed E-state index contributed by atoms with van der Waals surface area (Å²) >= 11 is 2.96. The molecule has 0 aromatic rings. The minimum atomic E-state index is -4.96. The second kappa shape index (κ2) is 5.59. The van der Waals surface area contributed by atoms with E-state index in [4.69, 9.17) is 0 Å². The quantitative estimate of drug-likeness (QED) is 0.809. The third-order valence-electron chi connectivity index (χ3n) is 3.39. The van der Waals surface area contributed by atoms with E-state index in [2.05, 4.69) is 15.9 Å². The Morgan fingerprint density at radius 2 is 1.83 bits per heavy atom. The molecular weight excluding hydrogens is 315 g/mol. The van der Waals surface area contributed by atoms with Crippen LogP contribution < -0.4 is 5.32 Å². The van der Waals surface area contributed by atoms with Crippen molar-refractivity contribution in [3.8, 4) is 0 Å². The lowest BCUT2D eigenvalue weighted by Crippen LogP contribution is -2.59. The second-order valence-corrected chi connectivity index (χ2v) is 5.33. The fourth-order valence-electron chi connectivity index (χ4n) is 2.14. The SMILES string of the molecule is CC1CCC(NC(=O)C(F)(F)F)(C(=O)CBr)CC1. The molecule has 1 amide bonds. The highest BCUT2D eigenvalue weighted by Crippen LogP contribution is 2.34. The van der Waals surface area contributed by atoms with E-state index in [1.54, 1.807) is 0 Å². The summed E-state index contributed by atoms with van der Waals surface area (Å²) in [6, 6.07) is 0. The van der Waals surface area contributed by atoms with Gasteiger partial charge in [-0.15, -0.1) is 0 Å². The number of nitrogens with one attached hydrogen (secondary N) is 1. The summed E-state index contributed by atoms with van der Waals surface area (Å²) in [5, 5.41) is 1.84. The maximum atomic E-state index is 12.3. The normalized spacial score (nSPS) is 28.8. The highest BCUT2D eigenvalue weighted by atomic mass is 79.9. The summed E-state index contributed by atoms with van der Waals surface area (Å²) in [5.41, 5.74) is -1.36. The van der Waals surface area contributed by atoms with Crippen LogP contribution in [0.4, 0.5) is 13.2 Å². The first-order valence-corrected chi connectivity index (χ1v) is 6.82. The standard InChI is InChI=1S/C11H15BrF3NO2/c1-7-2-4-10(5-3-7,8(17)6-12)16-9(18)11(13,14)15/h7H,2-6H2,1H3,(H,16,18). The van der Waals surface area contributed by atoms with E-state index in [9.17, 15) is 22.8 Å². The number of rotatable bonds is 3. The molecule has 1 aliphatic carbocycles. The van der Waals surface area contributed by atoms with Crippen LogP contribution in [0.2, 0.25) is 0 Å². The molecule has 1 saturated carbocycles.